The van der Waals surface area contributed by atoms with E-state index in [9.17, 15) is 14.4 Å². The molecule has 2 aliphatic rings. The van der Waals surface area contributed by atoms with E-state index in [1.807, 2.05) is 30.3 Å². The van der Waals surface area contributed by atoms with Crippen LogP contribution >= 0.6 is 0 Å². The van der Waals surface area contributed by atoms with Crippen molar-refractivity contribution < 1.29 is 19.1 Å². The fourth-order valence-electron chi connectivity index (χ4n) is 3.93. The lowest BCUT2D eigenvalue weighted by atomic mass is 10.0. The van der Waals surface area contributed by atoms with Crippen molar-refractivity contribution in [1.82, 2.24) is 9.80 Å². The number of hydrogen-bond acceptors (Lipinski definition) is 4. The molecule has 0 unspecified atom stereocenters. The number of ketones is 1. The Morgan fingerprint density at radius 3 is 2.39 bits per heavy atom. The Balaban J connectivity index is 1.49. The minimum atomic E-state index is -0.575. The quantitative estimate of drug-likeness (QED) is 0.769. The molecule has 0 bridgehead atoms. The third-order valence-electron chi connectivity index (χ3n) is 5.48. The first kappa shape index (κ1) is 18.2. The molecular weight excluding hydrogens is 356 g/mol. The zero-order valence-corrected chi connectivity index (χ0v) is 16.0. The summed E-state index contributed by atoms with van der Waals surface area (Å²) in [6.45, 7) is 3.05. The molecule has 28 heavy (non-hydrogen) atoms. The van der Waals surface area contributed by atoms with Crippen LogP contribution in [0.5, 0.6) is 0 Å². The summed E-state index contributed by atoms with van der Waals surface area (Å²) in [6.07, 6.45) is 0.330. The molecule has 2 aromatic carbocycles. The normalized spacial score (nSPS) is 21.3. The summed E-state index contributed by atoms with van der Waals surface area (Å²) < 4.78 is 5.51. The van der Waals surface area contributed by atoms with Crippen molar-refractivity contribution in [2.24, 2.45) is 0 Å². The number of nitrogens with zero attached hydrogens (tertiary/aromatic N) is 2. The van der Waals surface area contributed by atoms with Crippen molar-refractivity contribution in [3.8, 4) is 11.1 Å². The van der Waals surface area contributed by atoms with Crippen LogP contribution in [0, 0.1) is 0 Å². The minimum Gasteiger partial charge on any atom is -0.439 e. The highest BCUT2D eigenvalue weighted by atomic mass is 16.6. The predicted octanol–water partition coefficient (Wildman–Crippen LogP) is 3.22. The Bertz CT molecular complexity index is 953. The molecule has 2 aromatic rings. The molecule has 4 rings (SSSR count). The first-order valence-electron chi connectivity index (χ1n) is 9.32. The molecule has 2 amide bonds. The van der Waals surface area contributed by atoms with Gasteiger partial charge in [-0.2, -0.15) is 0 Å². The highest BCUT2D eigenvalue weighted by Crippen LogP contribution is 2.32. The maximum Gasteiger partial charge on any atom is 0.410 e. The Kier molecular flexibility index (Phi) is 4.41. The van der Waals surface area contributed by atoms with Gasteiger partial charge in [-0.1, -0.05) is 30.3 Å². The van der Waals surface area contributed by atoms with E-state index in [1.165, 1.54) is 0 Å². The van der Waals surface area contributed by atoms with Gasteiger partial charge >= 0.3 is 6.09 Å². The molecular formula is C22H22N2O4. The lowest BCUT2D eigenvalue weighted by Gasteiger charge is -2.21. The molecule has 2 aliphatic heterocycles. The van der Waals surface area contributed by atoms with Gasteiger partial charge in [0.15, 0.2) is 11.4 Å². The number of carbonyl (C=O) groups is 3. The molecule has 1 atom stereocenters. The SMILES string of the molecule is CC(=O)c1cccc(-c2ccc(C(=O)N3CC[C@@]4(CN(C)C(=O)O4)C3)cc2)c1. The average molecular weight is 378 g/mol. The lowest BCUT2D eigenvalue weighted by molar-refractivity contribution is 0.0553. The predicted molar refractivity (Wildman–Crippen MR) is 104 cm³/mol. The number of hydrogen-bond donors (Lipinski definition) is 0. The van der Waals surface area contributed by atoms with Gasteiger partial charge in [-0.15, -0.1) is 0 Å². The van der Waals surface area contributed by atoms with Gasteiger partial charge in [0.05, 0.1) is 13.1 Å². The van der Waals surface area contributed by atoms with Crippen molar-refractivity contribution in [1.29, 1.82) is 0 Å². The molecule has 1 spiro atoms. The van der Waals surface area contributed by atoms with Gasteiger partial charge < -0.3 is 14.5 Å². The number of Topliss-reactive ketones (excluding diaryl/α,β-unsaturated/α-hetero) is 1. The number of ether oxygens (including phenoxy) is 1. The van der Waals surface area contributed by atoms with E-state index in [0.29, 0.717) is 37.2 Å². The molecule has 6 heteroatoms. The van der Waals surface area contributed by atoms with E-state index in [2.05, 4.69) is 0 Å². The van der Waals surface area contributed by atoms with E-state index in [-0.39, 0.29) is 17.8 Å². The Morgan fingerprint density at radius 1 is 1.00 bits per heavy atom. The molecule has 0 N–H and O–H groups in total. The van der Waals surface area contributed by atoms with Gasteiger partial charge in [-0.05, 0) is 36.2 Å². The second-order valence-corrected chi connectivity index (χ2v) is 7.60. The number of carbonyl (C=O) groups excluding carboxylic acids is 3. The summed E-state index contributed by atoms with van der Waals surface area (Å²) >= 11 is 0. The van der Waals surface area contributed by atoms with Gasteiger partial charge in [0.1, 0.15) is 0 Å². The summed E-state index contributed by atoms with van der Waals surface area (Å²) in [5.74, 6) is -0.0404. The maximum atomic E-state index is 12.9. The molecule has 144 valence electrons. The summed E-state index contributed by atoms with van der Waals surface area (Å²) in [4.78, 5) is 39.5. The highest BCUT2D eigenvalue weighted by molar-refractivity contribution is 5.96. The Hall–Kier alpha value is -3.15. The molecule has 2 heterocycles. The summed E-state index contributed by atoms with van der Waals surface area (Å²) in [6, 6.07) is 14.8. The Morgan fingerprint density at radius 2 is 1.75 bits per heavy atom. The van der Waals surface area contributed by atoms with E-state index in [4.69, 9.17) is 4.74 Å². The second-order valence-electron chi connectivity index (χ2n) is 7.60. The van der Waals surface area contributed by atoms with Crippen LogP contribution < -0.4 is 0 Å². The standard InChI is InChI=1S/C22H22N2O4/c1-15(25)18-4-3-5-19(12-18)16-6-8-17(9-7-16)20(26)24-11-10-22(14-24)13-23(2)21(27)28-22/h3-9,12H,10-11,13-14H2,1-2H3/t22-/m1/s1. The van der Waals surface area contributed by atoms with Crippen LogP contribution in [0.3, 0.4) is 0 Å². The van der Waals surface area contributed by atoms with Gasteiger partial charge in [-0.25, -0.2) is 4.79 Å². The average Bonchev–Trinajstić information content (AvgIpc) is 3.23. The van der Waals surface area contributed by atoms with Crippen LogP contribution in [0.25, 0.3) is 11.1 Å². The minimum absolute atomic E-state index is 0.0230. The lowest BCUT2D eigenvalue weighted by Crippen LogP contribution is -2.39. The smallest absolute Gasteiger partial charge is 0.410 e. The van der Waals surface area contributed by atoms with Gasteiger partial charge in [0.2, 0.25) is 0 Å². The first-order valence-corrected chi connectivity index (χ1v) is 9.32. The number of amides is 2. The van der Waals surface area contributed by atoms with Crippen molar-refractivity contribution >= 4 is 17.8 Å². The Labute approximate surface area is 163 Å². The molecule has 2 saturated heterocycles. The topological polar surface area (TPSA) is 66.9 Å². The molecule has 0 radical (unpaired) electrons. The maximum absolute atomic E-state index is 12.9. The molecule has 2 fully saturated rings. The summed E-state index contributed by atoms with van der Waals surface area (Å²) in [5.41, 5.74) is 2.57. The van der Waals surface area contributed by atoms with Crippen molar-refractivity contribution in [3.05, 3.63) is 59.7 Å². The molecule has 0 aliphatic carbocycles. The second kappa shape index (κ2) is 6.78. The first-order chi connectivity index (χ1) is 13.4. The van der Waals surface area contributed by atoms with E-state index < -0.39 is 5.60 Å². The highest BCUT2D eigenvalue weighted by Gasteiger charge is 2.49. The number of likely N-dealkylation sites (tertiary alicyclic amines) is 1. The van der Waals surface area contributed by atoms with Crippen LogP contribution in [0.1, 0.15) is 34.1 Å². The zero-order valence-electron chi connectivity index (χ0n) is 16.0. The van der Waals surface area contributed by atoms with Crippen molar-refractivity contribution in [3.63, 3.8) is 0 Å². The molecule has 0 aromatic heterocycles. The number of likely N-dealkylation sites (N-methyl/N-ethyl adjacent to an activating group) is 1. The number of rotatable bonds is 3. The van der Waals surface area contributed by atoms with Crippen LogP contribution in [0.2, 0.25) is 0 Å². The van der Waals surface area contributed by atoms with Crippen LogP contribution in [-0.4, -0.2) is 59.9 Å². The van der Waals surface area contributed by atoms with Crippen molar-refractivity contribution in [2.45, 2.75) is 18.9 Å². The van der Waals surface area contributed by atoms with Gasteiger partial charge in [0.25, 0.3) is 5.91 Å². The molecule has 0 saturated carbocycles. The largest absolute Gasteiger partial charge is 0.439 e. The van der Waals surface area contributed by atoms with E-state index >= 15 is 0 Å². The third-order valence-corrected chi connectivity index (χ3v) is 5.48. The van der Waals surface area contributed by atoms with Crippen molar-refractivity contribution in [2.75, 3.05) is 26.7 Å². The number of benzene rings is 2. The van der Waals surface area contributed by atoms with E-state index in [0.717, 1.165) is 11.1 Å². The van der Waals surface area contributed by atoms with E-state index in [1.54, 1.807) is 42.0 Å². The summed E-state index contributed by atoms with van der Waals surface area (Å²) in [7, 11) is 1.71. The van der Waals surface area contributed by atoms with Gasteiger partial charge in [-0.3, -0.25) is 9.59 Å². The third kappa shape index (κ3) is 3.26. The van der Waals surface area contributed by atoms with Crippen LogP contribution in [0.4, 0.5) is 4.79 Å². The zero-order chi connectivity index (χ0) is 19.9. The van der Waals surface area contributed by atoms with Gasteiger partial charge in [0, 0.05) is 31.1 Å². The monoisotopic (exact) mass is 378 g/mol. The van der Waals surface area contributed by atoms with Crippen LogP contribution in [-0.2, 0) is 4.74 Å². The fraction of sp³-hybridized carbons (Fsp3) is 0.318. The molecule has 6 nitrogen and oxygen atoms in total. The summed E-state index contributed by atoms with van der Waals surface area (Å²) in [5, 5.41) is 0. The van der Waals surface area contributed by atoms with Crippen LogP contribution in [0.15, 0.2) is 48.5 Å². The fourth-order valence-corrected chi connectivity index (χ4v) is 3.93.